The van der Waals surface area contributed by atoms with E-state index in [0.717, 1.165) is 12.3 Å². The lowest BCUT2D eigenvalue weighted by atomic mass is 9.94. The Morgan fingerprint density at radius 3 is 2.20 bits per heavy atom. The largest absolute Gasteiger partial charge is 0.416 e. The number of rotatable bonds is 3. The normalized spacial score (nSPS) is 22.6. The van der Waals surface area contributed by atoms with Gasteiger partial charge in [0.25, 0.3) is 0 Å². The van der Waals surface area contributed by atoms with E-state index in [1.165, 1.54) is 6.20 Å². The minimum Gasteiger partial charge on any atom is -0.271 e. The Kier molecular flexibility index (Phi) is 3.38. The number of nitrogens with one attached hydrogen (secondary N) is 1. The fourth-order valence-corrected chi connectivity index (χ4v) is 3.36. The third kappa shape index (κ3) is 2.11. The zero-order valence-corrected chi connectivity index (χ0v) is 12.0. The van der Waals surface area contributed by atoms with E-state index in [-0.39, 0.29) is 22.3 Å². The second-order valence-electron chi connectivity index (χ2n) is 6.53. The number of aromatic nitrogens is 1. The lowest BCUT2D eigenvalue weighted by Gasteiger charge is -2.22. The van der Waals surface area contributed by atoms with E-state index in [2.05, 4.69) is 10.4 Å². The van der Waals surface area contributed by atoms with Gasteiger partial charge in [0.2, 0.25) is 0 Å². The van der Waals surface area contributed by atoms with Gasteiger partial charge in [-0.25, -0.2) is 0 Å². The fourth-order valence-electron chi connectivity index (χ4n) is 3.36. The molecular weight excluding hydrogens is 267 g/mol. The highest BCUT2D eigenvalue weighted by molar-refractivity contribution is 5.33. The van der Waals surface area contributed by atoms with Crippen LogP contribution < -0.4 is 11.3 Å². The molecule has 1 aromatic heterocycles. The molecule has 0 spiro atoms. The molecule has 1 unspecified atom stereocenters. The number of hydrazine groups is 1. The first kappa shape index (κ1) is 15.3. The predicted octanol–water partition coefficient (Wildman–Crippen LogP) is 3.29. The van der Waals surface area contributed by atoms with E-state index in [4.69, 9.17) is 5.84 Å². The quantitative estimate of drug-likeness (QED) is 0.662. The van der Waals surface area contributed by atoms with Crippen LogP contribution in [0.2, 0.25) is 0 Å². The number of nitrogens with zero attached hydrogens (tertiary/aromatic N) is 1. The third-order valence-electron chi connectivity index (χ3n) is 5.14. The Labute approximate surface area is 116 Å². The number of hydrogen-bond acceptors (Lipinski definition) is 3. The summed E-state index contributed by atoms with van der Waals surface area (Å²) in [6.07, 6.45) is -1.99. The zero-order chi connectivity index (χ0) is 15.3. The van der Waals surface area contributed by atoms with Crippen LogP contribution in [-0.4, -0.2) is 4.98 Å². The number of halogens is 3. The van der Waals surface area contributed by atoms with Gasteiger partial charge >= 0.3 is 6.18 Å². The molecule has 20 heavy (non-hydrogen) atoms. The third-order valence-corrected chi connectivity index (χ3v) is 5.14. The van der Waals surface area contributed by atoms with Crippen molar-refractivity contribution in [2.75, 3.05) is 0 Å². The maximum absolute atomic E-state index is 13.1. The van der Waals surface area contributed by atoms with Crippen LogP contribution in [0.4, 0.5) is 13.2 Å². The van der Waals surface area contributed by atoms with Crippen molar-refractivity contribution in [2.24, 2.45) is 22.6 Å². The van der Waals surface area contributed by atoms with E-state index < -0.39 is 17.8 Å². The van der Waals surface area contributed by atoms with Gasteiger partial charge in [-0.2, -0.15) is 13.2 Å². The topological polar surface area (TPSA) is 50.9 Å². The van der Waals surface area contributed by atoms with Gasteiger partial charge < -0.3 is 0 Å². The van der Waals surface area contributed by atoms with Crippen LogP contribution in [0, 0.1) is 16.7 Å². The molecule has 3 nitrogen and oxygen atoms in total. The minimum atomic E-state index is -4.41. The second kappa shape index (κ2) is 4.43. The van der Waals surface area contributed by atoms with Crippen LogP contribution in [0.15, 0.2) is 18.5 Å². The molecule has 1 saturated carbocycles. The maximum Gasteiger partial charge on any atom is 0.416 e. The summed E-state index contributed by atoms with van der Waals surface area (Å²) in [6.45, 7) is 8.19. The molecule has 0 aliphatic heterocycles. The molecule has 1 fully saturated rings. The van der Waals surface area contributed by atoms with E-state index in [1.807, 2.05) is 27.7 Å². The highest BCUT2D eigenvalue weighted by Crippen LogP contribution is 2.72. The lowest BCUT2D eigenvalue weighted by Crippen LogP contribution is -2.33. The highest BCUT2D eigenvalue weighted by Gasteiger charge is 2.67. The summed E-state index contributed by atoms with van der Waals surface area (Å²) in [5, 5.41) is 0. The fraction of sp³-hybridized carbons (Fsp3) is 0.643. The van der Waals surface area contributed by atoms with Crippen molar-refractivity contribution in [3.8, 4) is 0 Å². The number of pyridine rings is 1. The van der Waals surface area contributed by atoms with E-state index in [1.54, 1.807) is 0 Å². The molecule has 2 rings (SSSR count). The zero-order valence-electron chi connectivity index (χ0n) is 12.0. The van der Waals surface area contributed by atoms with Crippen LogP contribution in [-0.2, 0) is 6.18 Å². The van der Waals surface area contributed by atoms with E-state index >= 15 is 0 Å². The smallest absolute Gasteiger partial charge is 0.271 e. The average molecular weight is 287 g/mol. The van der Waals surface area contributed by atoms with Crippen molar-refractivity contribution in [3.05, 3.63) is 29.6 Å². The first-order valence-electron chi connectivity index (χ1n) is 6.52. The van der Waals surface area contributed by atoms with Crippen LogP contribution in [0.3, 0.4) is 0 Å². The summed E-state index contributed by atoms with van der Waals surface area (Å²) in [5.74, 6) is 5.57. The van der Waals surface area contributed by atoms with E-state index in [9.17, 15) is 13.2 Å². The van der Waals surface area contributed by atoms with Gasteiger partial charge in [0, 0.05) is 18.0 Å². The van der Waals surface area contributed by atoms with Crippen molar-refractivity contribution in [1.29, 1.82) is 0 Å². The molecule has 3 N–H and O–H groups in total. The van der Waals surface area contributed by atoms with Gasteiger partial charge in [0.05, 0.1) is 11.6 Å². The Hall–Kier alpha value is -1.14. The maximum atomic E-state index is 13.1. The molecule has 0 aromatic carbocycles. The summed E-state index contributed by atoms with van der Waals surface area (Å²) in [6, 6.07) is 0.438. The van der Waals surface area contributed by atoms with Crippen molar-refractivity contribution in [1.82, 2.24) is 10.4 Å². The van der Waals surface area contributed by atoms with Crippen molar-refractivity contribution in [2.45, 2.75) is 39.9 Å². The second-order valence-corrected chi connectivity index (χ2v) is 6.53. The van der Waals surface area contributed by atoms with Crippen LogP contribution >= 0.6 is 0 Å². The first-order chi connectivity index (χ1) is 9.05. The Bertz CT molecular complexity index is 495. The molecule has 1 heterocycles. The molecule has 1 atom stereocenters. The minimum absolute atomic E-state index is 0.0188. The number of hydrogen-bond donors (Lipinski definition) is 2. The molecule has 1 aliphatic carbocycles. The number of nitrogens with two attached hydrogens (primary N) is 1. The molecular formula is C14H20F3N3. The van der Waals surface area contributed by atoms with Crippen molar-refractivity contribution >= 4 is 0 Å². The summed E-state index contributed by atoms with van der Waals surface area (Å²) in [7, 11) is 0. The number of alkyl halides is 3. The van der Waals surface area contributed by atoms with Gasteiger partial charge in [0.15, 0.2) is 0 Å². The van der Waals surface area contributed by atoms with Crippen molar-refractivity contribution < 1.29 is 13.2 Å². The SMILES string of the molecule is CC1(C)C(C(NN)c2cnccc2C(F)(F)F)C1(C)C. The Morgan fingerprint density at radius 1 is 1.25 bits per heavy atom. The van der Waals surface area contributed by atoms with Crippen LogP contribution in [0.25, 0.3) is 0 Å². The summed E-state index contributed by atoms with van der Waals surface area (Å²) < 4.78 is 39.4. The van der Waals surface area contributed by atoms with Gasteiger partial charge in [-0.1, -0.05) is 27.7 Å². The van der Waals surface area contributed by atoms with E-state index in [0.29, 0.717) is 0 Å². The van der Waals surface area contributed by atoms with Crippen LogP contribution in [0.1, 0.15) is 44.9 Å². The molecule has 1 aliphatic rings. The van der Waals surface area contributed by atoms with Crippen LogP contribution in [0.5, 0.6) is 0 Å². The predicted molar refractivity (Wildman–Crippen MR) is 70.4 cm³/mol. The summed E-state index contributed by atoms with van der Waals surface area (Å²) in [5.41, 5.74) is 1.85. The average Bonchev–Trinajstić information content (AvgIpc) is 2.72. The van der Waals surface area contributed by atoms with Crippen molar-refractivity contribution in [3.63, 3.8) is 0 Å². The standard InChI is InChI=1S/C14H20F3N3/c1-12(2)11(13(12,3)4)10(20-18)8-7-19-6-5-9(8)14(15,16)17/h5-7,10-11,20H,18H2,1-4H3. The van der Waals surface area contributed by atoms with Gasteiger partial charge in [-0.3, -0.25) is 16.3 Å². The molecule has 6 heteroatoms. The summed E-state index contributed by atoms with van der Waals surface area (Å²) in [4.78, 5) is 3.84. The molecule has 0 bridgehead atoms. The molecule has 0 saturated heterocycles. The molecule has 112 valence electrons. The lowest BCUT2D eigenvalue weighted by molar-refractivity contribution is -0.138. The Morgan fingerprint density at radius 2 is 1.80 bits per heavy atom. The first-order valence-corrected chi connectivity index (χ1v) is 6.52. The molecule has 0 amide bonds. The Balaban J connectivity index is 2.46. The van der Waals surface area contributed by atoms with Gasteiger partial charge in [-0.05, 0) is 22.8 Å². The molecule has 0 radical (unpaired) electrons. The molecule has 1 aromatic rings. The summed E-state index contributed by atoms with van der Waals surface area (Å²) >= 11 is 0. The van der Waals surface area contributed by atoms with Gasteiger partial charge in [-0.15, -0.1) is 0 Å². The monoisotopic (exact) mass is 287 g/mol. The van der Waals surface area contributed by atoms with Gasteiger partial charge in [0.1, 0.15) is 0 Å². The highest BCUT2D eigenvalue weighted by atomic mass is 19.4.